The minimum atomic E-state index is -0.541. The fourth-order valence-electron chi connectivity index (χ4n) is 3.09. The van der Waals surface area contributed by atoms with Gasteiger partial charge in [0.05, 0.1) is 19.3 Å². The van der Waals surface area contributed by atoms with Crippen molar-refractivity contribution in [1.29, 1.82) is 0 Å². The molecule has 2 saturated heterocycles. The van der Waals surface area contributed by atoms with Crippen molar-refractivity contribution in [2.24, 2.45) is 0 Å². The highest BCUT2D eigenvalue weighted by Gasteiger charge is 2.55. The van der Waals surface area contributed by atoms with E-state index in [-0.39, 0.29) is 24.4 Å². The van der Waals surface area contributed by atoms with Gasteiger partial charge in [0.15, 0.2) is 5.79 Å². The van der Waals surface area contributed by atoms with E-state index in [9.17, 15) is 0 Å². The Hall–Kier alpha value is -0.210. The predicted octanol–water partition coefficient (Wildman–Crippen LogP) is 3.31. The number of fused-ring (bicyclic) bond motifs is 1. The molecule has 0 aromatic heterocycles. The van der Waals surface area contributed by atoms with Crippen molar-refractivity contribution in [2.75, 3.05) is 6.61 Å². The summed E-state index contributed by atoms with van der Waals surface area (Å²) in [6.07, 6.45) is -0.0735. The molecule has 1 aromatic rings. The van der Waals surface area contributed by atoms with Crippen molar-refractivity contribution in [2.45, 2.75) is 61.5 Å². The molecule has 4 nitrogen and oxygen atoms in total. The number of rotatable bonds is 5. The highest BCUT2D eigenvalue weighted by molar-refractivity contribution is 14.1. The second-order valence-electron chi connectivity index (χ2n) is 6.38. The van der Waals surface area contributed by atoms with E-state index in [1.54, 1.807) is 0 Å². The molecule has 122 valence electrons. The van der Waals surface area contributed by atoms with E-state index in [2.05, 4.69) is 41.6 Å². The van der Waals surface area contributed by atoms with E-state index in [1.807, 2.05) is 32.0 Å². The van der Waals surface area contributed by atoms with Crippen LogP contribution in [0.1, 0.15) is 26.3 Å². The van der Waals surface area contributed by atoms with E-state index in [0.717, 1.165) is 0 Å². The summed E-state index contributed by atoms with van der Waals surface area (Å²) in [7, 11) is 0. The van der Waals surface area contributed by atoms with Crippen molar-refractivity contribution in [3.63, 3.8) is 0 Å². The Morgan fingerprint density at radius 1 is 1.18 bits per heavy atom. The molecular weight excluding hydrogens is 395 g/mol. The zero-order chi connectivity index (χ0) is 15.7. The van der Waals surface area contributed by atoms with Crippen LogP contribution in [0, 0.1) is 0 Å². The van der Waals surface area contributed by atoms with Crippen LogP contribution in [0.3, 0.4) is 0 Å². The largest absolute Gasteiger partial charge is 0.374 e. The van der Waals surface area contributed by atoms with Crippen molar-refractivity contribution in [3.05, 3.63) is 35.9 Å². The van der Waals surface area contributed by atoms with Crippen LogP contribution >= 0.6 is 22.6 Å². The topological polar surface area (TPSA) is 36.9 Å². The molecular formula is C17H23IO4. The highest BCUT2D eigenvalue weighted by Crippen LogP contribution is 2.41. The fourth-order valence-corrected chi connectivity index (χ4v) is 3.67. The molecule has 0 aliphatic carbocycles. The van der Waals surface area contributed by atoms with Gasteiger partial charge < -0.3 is 18.9 Å². The van der Waals surface area contributed by atoms with Gasteiger partial charge in [-0.05, 0) is 19.4 Å². The quantitative estimate of drug-likeness (QED) is 0.543. The lowest BCUT2D eigenvalue weighted by Gasteiger charge is -2.25. The van der Waals surface area contributed by atoms with Crippen molar-refractivity contribution < 1.29 is 18.9 Å². The van der Waals surface area contributed by atoms with Gasteiger partial charge in [-0.25, -0.2) is 0 Å². The van der Waals surface area contributed by atoms with Crippen molar-refractivity contribution in [1.82, 2.24) is 0 Å². The molecule has 0 N–H and O–H groups in total. The fraction of sp³-hybridized carbons (Fsp3) is 0.647. The minimum absolute atomic E-state index is 0.00720. The Morgan fingerprint density at radius 3 is 2.55 bits per heavy atom. The standard InChI is InChI=1S/C17H23IO4/c1-11(18)14-16-15(21-17(2,3)22-16)13(20-14)10-19-9-12-7-5-4-6-8-12/h4-8,11,13-16H,9-10H2,1-3H3/t11-,13-,14-,15-,16+/m1/s1. The molecule has 2 heterocycles. The highest BCUT2D eigenvalue weighted by atomic mass is 127. The van der Waals surface area contributed by atoms with E-state index >= 15 is 0 Å². The molecule has 2 aliphatic rings. The third-order valence-electron chi connectivity index (χ3n) is 4.03. The van der Waals surface area contributed by atoms with Crippen LogP contribution in [-0.2, 0) is 25.6 Å². The number of ether oxygens (including phenoxy) is 4. The molecule has 2 aliphatic heterocycles. The molecule has 5 heteroatoms. The van der Waals surface area contributed by atoms with Crippen molar-refractivity contribution in [3.8, 4) is 0 Å². The SMILES string of the molecule is C[C@@H](I)[C@H]1O[C@H](COCc2ccccc2)[C@H]2OC(C)(C)O[C@@H]12. The van der Waals surface area contributed by atoms with Gasteiger partial charge in [-0.1, -0.05) is 59.8 Å². The van der Waals surface area contributed by atoms with Gasteiger partial charge in [0.1, 0.15) is 18.3 Å². The monoisotopic (exact) mass is 418 g/mol. The lowest BCUT2D eigenvalue weighted by molar-refractivity contribution is -0.191. The molecule has 3 rings (SSSR count). The molecule has 5 atom stereocenters. The first-order valence-corrected chi connectivity index (χ1v) is 8.98. The molecule has 0 radical (unpaired) electrons. The average molecular weight is 418 g/mol. The summed E-state index contributed by atoms with van der Waals surface area (Å²) < 4.78 is 24.4. The molecule has 0 bridgehead atoms. The number of hydrogen-bond donors (Lipinski definition) is 0. The van der Waals surface area contributed by atoms with Crippen LogP contribution in [0.5, 0.6) is 0 Å². The van der Waals surface area contributed by atoms with Crippen LogP contribution in [-0.4, -0.2) is 40.7 Å². The van der Waals surface area contributed by atoms with Gasteiger partial charge in [0.25, 0.3) is 0 Å². The summed E-state index contributed by atoms with van der Waals surface area (Å²) in [5, 5.41) is 0. The Morgan fingerprint density at radius 2 is 1.86 bits per heavy atom. The number of benzene rings is 1. The van der Waals surface area contributed by atoms with E-state index in [0.29, 0.717) is 17.1 Å². The molecule has 0 amide bonds. The zero-order valence-corrected chi connectivity index (χ0v) is 15.4. The number of hydrogen-bond acceptors (Lipinski definition) is 4. The summed E-state index contributed by atoms with van der Waals surface area (Å²) in [6.45, 7) is 7.18. The van der Waals surface area contributed by atoms with Gasteiger partial charge in [0, 0.05) is 3.92 Å². The van der Waals surface area contributed by atoms with Gasteiger partial charge in [-0.15, -0.1) is 0 Å². The van der Waals surface area contributed by atoms with Gasteiger partial charge in [-0.2, -0.15) is 0 Å². The molecule has 0 saturated carbocycles. The summed E-state index contributed by atoms with van der Waals surface area (Å²) in [5.74, 6) is -0.541. The second kappa shape index (κ2) is 6.73. The van der Waals surface area contributed by atoms with E-state index in [1.165, 1.54) is 5.56 Å². The summed E-state index contributed by atoms with van der Waals surface area (Å²) in [4.78, 5) is 0. The normalized spacial score (nSPS) is 34.5. The number of alkyl halides is 1. The molecule has 1 aromatic carbocycles. The van der Waals surface area contributed by atoms with Crippen LogP contribution in [0.4, 0.5) is 0 Å². The van der Waals surface area contributed by atoms with Crippen LogP contribution in [0.2, 0.25) is 0 Å². The molecule has 0 unspecified atom stereocenters. The number of halogens is 1. The van der Waals surface area contributed by atoms with Gasteiger partial charge >= 0.3 is 0 Å². The van der Waals surface area contributed by atoms with Gasteiger partial charge in [-0.3, -0.25) is 0 Å². The summed E-state index contributed by atoms with van der Waals surface area (Å²) in [6, 6.07) is 10.2. The first kappa shape index (κ1) is 16.6. The lowest BCUT2D eigenvalue weighted by Crippen LogP contribution is -2.34. The second-order valence-corrected chi connectivity index (χ2v) is 8.35. The lowest BCUT2D eigenvalue weighted by atomic mass is 10.1. The average Bonchev–Trinajstić information content (AvgIpc) is 2.94. The Bertz CT molecular complexity index is 491. The molecule has 22 heavy (non-hydrogen) atoms. The van der Waals surface area contributed by atoms with Crippen molar-refractivity contribution >= 4 is 22.6 Å². The third kappa shape index (κ3) is 3.64. The molecule has 0 spiro atoms. The maximum Gasteiger partial charge on any atom is 0.164 e. The van der Waals surface area contributed by atoms with E-state index < -0.39 is 5.79 Å². The zero-order valence-electron chi connectivity index (χ0n) is 13.2. The Kier molecular flexibility index (Phi) is 5.09. The van der Waals surface area contributed by atoms with E-state index in [4.69, 9.17) is 18.9 Å². The predicted molar refractivity (Wildman–Crippen MR) is 92.1 cm³/mol. The minimum Gasteiger partial charge on any atom is -0.374 e. The maximum absolute atomic E-state index is 6.14. The van der Waals surface area contributed by atoms with Crippen LogP contribution in [0.15, 0.2) is 30.3 Å². The first-order chi connectivity index (χ1) is 10.5. The summed E-state index contributed by atoms with van der Waals surface area (Å²) >= 11 is 2.39. The Balaban J connectivity index is 1.59. The van der Waals surface area contributed by atoms with Gasteiger partial charge in [0.2, 0.25) is 0 Å². The van der Waals surface area contributed by atoms with Crippen LogP contribution in [0.25, 0.3) is 0 Å². The first-order valence-electron chi connectivity index (χ1n) is 7.73. The Labute approximate surface area is 145 Å². The third-order valence-corrected chi connectivity index (χ3v) is 4.74. The maximum atomic E-state index is 6.14. The summed E-state index contributed by atoms with van der Waals surface area (Å²) in [5.41, 5.74) is 1.17. The smallest absolute Gasteiger partial charge is 0.164 e. The van der Waals surface area contributed by atoms with Crippen LogP contribution < -0.4 is 0 Å². The molecule has 2 fully saturated rings.